The lowest BCUT2D eigenvalue weighted by molar-refractivity contribution is -0.119. The Balaban J connectivity index is 1.77. The van der Waals surface area contributed by atoms with Gasteiger partial charge in [0.1, 0.15) is 0 Å². The standard InChI is InChI=1S/C15H20N2O3S/c1-17-14-7-3-2-6-12(14)13(9-15(17)18)16-10-11-5-4-8-21(11,19)20/h2-3,6-7,11,13,16H,4-5,8-10H2,1H3. The van der Waals surface area contributed by atoms with Crippen molar-refractivity contribution in [3.63, 3.8) is 0 Å². The monoisotopic (exact) mass is 308 g/mol. The van der Waals surface area contributed by atoms with Crippen molar-refractivity contribution in [1.82, 2.24) is 5.32 Å². The van der Waals surface area contributed by atoms with Gasteiger partial charge >= 0.3 is 0 Å². The van der Waals surface area contributed by atoms with Crippen molar-refractivity contribution in [2.24, 2.45) is 0 Å². The maximum atomic E-state index is 12.1. The first-order chi connectivity index (χ1) is 9.99. The molecule has 1 N–H and O–H groups in total. The number of hydrogen-bond donors (Lipinski definition) is 1. The van der Waals surface area contributed by atoms with Gasteiger partial charge < -0.3 is 10.2 Å². The molecule has 1 aromatic rings. The minimum Gasteiger partial charge on any atom is -0.315 e. The first-order valence-corrected chi connectivity index (χ1v) is 9.01. The normalized spacial score (nSPS) is 27.7. The number of benzene rings is 1. The van der Waals surface area contributed by atoms with Crippen molar-refractivity contribution >= 4 is 21.4 Å². The van der Waals surface area contributed by atoms with Gasteiger partial charge in [-0.05, 0) is 24.5 Å². The van der Waals surface area contributed by atoms with Gasteiger partial charge in [-0.15, -0.1) is 0 Å². The van der Waals surface area contributed by atoms with E-state index in [0.29, 0.717) is 18.7 Å². The molecule has 0 bridgehead atoms. The Morgan fingerprint density at radius 3 is 2.81 bits per heavy atom. The van der Waals surface area contributed by atoms with Crippen LogP contribution in [0.5, 0.6) is 0 Å². The Hall–Kier alpha value is -1.40. The maximum absolute atomic E-state index is 12.1. The lowest BCUT2D eigenvalue weighted by Crippen LogP contribution is -2.40. The first kappa shape index (κ1) is 14.5. The molecule has 1 saturated heterocycles. The van der Waals surface area contributed by atoms with E-state index < -0.39 is 9.84 Å². The molecule has 3 rings (SSSR count). The Morgan fingerprint density at radius 2 is 2.10 bits per heavy atom. The zero-order chi connectivity index (χ0) is 15.0. The van der Waals surface area contributed by atoms with Gasteiger partial charge in [-0.2, -0.15) is 0 Å². The topological polar surface area (TPSA) is 66.5 Å². The Morgan fingerprint density at radius 1 is 1.33 bits per heavy atom. The van der Waals surface area contributed by atoms with Crippen LogP contribution in [0.2, 0.25) is 0 Å². The number of nitrogens with zero attached hydrogens (tertiary/aromatic N) is 1. The van der Waals surface area contributed by atoms with Crippen LogP contribution in [-0.2, 0) is 14.6 Å². The highest BCUT2D eigenvalue weighted by Gasteiger charge is 2.33. The SMILES string of the molecule is CN1C(=O)CC(NCC2CCCS2(=O)=O)c2ccccc21. The summed E-state index contributed by atoms with van der Waals surface area (Å²) in [5.74, 6) is 0.350. The van der Waals surface area contributed by atoms with Crippen LogP contribution < -0.4 is 10.2 Å². The number of fused-ring (bicyclic) bond motifs is 1. The van der Waals surface area contributed by atoms with E-state index in [-0.39, 0.29) is 17.2 Å². The van der Waals surface area contributed by atoms with E-state index >= 15 is 0 Å². The molecule has 2 aliphatic rings. The van der Waals surface area contributed by atoms with Crippen molar-refractivity contribution in [2.45, 2.75) is 30.6 Å². The van der Waals surface area contributed by atoms with E-state index in [0.717, 1.165) is 24.1 Å². The summed E-state index contributed by atoms with van der Waals surface area (Å²) in [4.78, 5) is 13.7. The number of sulfone groups is 1. The van der Waals surface area contributed by atoms with Crippen LogP contribution in [0.25, 0.3) is 0 Å². The van der Waals surface area contributed by atoms with Crippen LogP contribution in [0.4, 0.5) is 5.69 Å². The number of anilines is 1. The molecule has 2 unspecified atom stereocenters. The minimum absolute atomic E-state index is 0.0560. The lowest BCUT2D eigenvalue weighted by atomic mass is 9.96. The summed E-state index contributed by atoms with van der Waals surface area (Å²) in [5, 5.41) is 2.99. The molecule has 21 heavy (non-hydrogen) atoms. The maximum Gasteiger partial charge on any atom is 0.228 e. The third kappa shape index (κ3) is 2.70. The zero-order valence-corrected chi connectivity index (χ0v) is 12.9. The zero-order valence-electron chi connectivity index (χ0n) is 12.1. The van der Waals surface area contributed by atoms with Crippen LogP contribution >= 0.6 is 0 Å². The molecule has 0 saturated carbocycles. The van der Waals surface area contributed by atoms with Gasteiger partial charge in [0.15, 0.2) is 9.84 Å². The molecule has 2 atom stereocenters. The van der Waals surface area contributed by atoms with E-state index in [1.807, 2.05) is 24.3 Å². The summed E-state index contributed by atoms with van der Waals surface area (Å²) in [7, 11) is -1.17. The third-order valence-corrected chi connectivity index (χ3v) is 6.76. The van der Waals surface area contributed by atoms with Crippen molar-refractivity contribution < 1.29 is 13.2 Å². The minimum atomic E-state index is -2.95. The number of carbonyl (C=O) groups excluding carboxylic acids is 1. The van der Waals surface area contributed by atoms with Crippen molar-refractivity contribution in [3.8, 4) is 0 Å². The molecule has 5 nitrogen and oxygen atoms in total. The van der Waals surface area contributed by atoms with Gasteiger partial charge in [0.25, 0.3) is 0 Å². The molecule has 6 heteroatoms. The molecule has 0 radical (unpaired) electrons. The quantitative estimate of drug-likeness (QED) is 0.913. The summed E-state index contributed by atoms with van der Waals surface area (Å²) >= 11 is 0. The second-order valence-electron chi connectivity index (χ2n) is 5.81. The fraction of sp³-hybridized carbons (Fsp3) is 0.533. The summed E-state index contributed by atoms with van der Waals surface area (Å²) in [5.41, 5.74) is 1.97. The number of para-hydroxylation sites is 1. The number of hydrogen-bond acceptors (Lipinski definition) is 4. The number of rotatable bonds is 3. The highest BCUT2D eigenvalue weighted by molar-refractivity contribution is 7.92. The average Bonchev–Trinajstić information content (AvgIpc) is 2.80. The van der Waals surface area contributed by atoms with Gasteiger partial charge in [0, 0.05) is 31.7 Å². The van der Waals surface area contributed by atoms with Crippen molar-refractivity contribution in [3.05, 3.63) is 29.8 Å². The fourth-order valence-electron chi connectivity index (χ4n) is 3.19. The summed E-state index contributed by atoms with van der Waals surface area (Å²) in [6, 6.07) is 7.68. The molecule has 0 spiro atoms. The van der Waals surface area contributed by atoms with E-state index in [2.05, 4.69) is 5.32 Å². The van der Waals surface area contributed by atoms with Gasteiger partial charge in [0.05, 0.1) is 11.0 Å². The molecule has 0 aromatic heterocycles. The molecule has 2 heterocycles. The summed E-state index contributed by atoms with van der Waals surface area (Å²) in [6.07, 6.45) is 1.84. The molecule has 0 aliphatic carbocycles. The molecule has 1 fully saturated rings. The molecule has 114 valence electrons. The second-order valence-corrected chi connectivity index (χ2v) is 8.21. The van der Waals surface area contributed by atoms with Crippen LogP contribution in [0.3, 0.4) is 0 Å². The smallest absolute Gasteiger partial charge is 0.228 e. The van der Waals surface area contributed by atoms with Crippen molar-refractivity contribution in [1.29, 1.82) is 0 Å². The largest absolute Gasteiger partial charge is 0.315 e. The predicted octanol–water partition coefficient (Wildman–Crippen LogP) is 1.26. The van der Waals surface area contributed by atoms with Crippen molar-refractivity contribution in [2.75, 3.05) is 24.2 Å². The van der Waals surface area contributed by atoms with Gasteiger partial charge in [-0.25, -0.2) is 8.42 Å². The Labute approximate surface area is 125 Å². The fourth-order valence-corrected chi connectivity index (χ4v) is 4.97. The Kier molecular flexibility index (Phi) is 3.75. The van der Waals surface area contributed by atoms with Gasteiger partial charge in [0.2, 0.25) is 5.91 Å². The number of amides is 1. The van der Waals surface area contributed by atoms with E-state index in [1.165, 1.54) is 0 Å². The highest BCUT2D eigenvalue weighted by Crippen LogP contribution is 2.33. The number of nitrogens with one attached hydrogen (secondary N) is 1. The highest BCUT2D eigenvalue weighted by atomic mass is 32.2. The van der Waals surface area contributed by atoms with Crippen LogP contribution in [-0.4, -0.2) is 38.9 Å². The van der Waals surface area contributed by atoms with Gasteiger partial charge in [-0.3, -0.25) is 4.79 Å². The predicted molar refractivity (Wildman–Crippen MR) is 82.0 cm³/mol. The van der Waals surface area contributed by atoms with Crippen LogP contribution in [0, 0.1) is 0 Å². The van der Waals surface area contributed by atoms with E-state index in [9.17, 15) is 13.2 Å². The third-order valence-electron chi connectivity index (χ3n) is 4.48. The molecule has 1 amide bonds. The average molecular weight is 308 g/mol. The van der Waals surface area contributed by atoms with Gasteiger partial charge in [-0.1, -0.05) is 18.2 Å². The van der Waals surface area contributed by atoms with Crippen LogP contribution in [0.15, 0.2) is 24.3 Å². The summed E-state index contributed by atoms with van der Waals surface area (Å²) < 4.78 is 23.8. The van der Waals surface area contributed by atoms with E-state index in [4.69, 9.17) is 0 Å². The molecule has 2 aliphatic heterocycles. The second kappa shape index (κ2) is 5.42. The lowest BCUT2D eigenvalue weighted by Gasteiger charge is -2.32. The van der Waals surface area contributed by atoms with Crippen LogP contribution in [0.1, 0.15) is 30.9 Å². The Bertz CT molecular complexity index is 657. The summed E-state index contributed by atoms with van der Waals surface area (Å²) in [6.45, 7) is 0.429. The molecular formula is C15H20N2O3S. The van der Waals surface area contributed by atoms with E-state index in [1.54, 1.807) is 11.9 Å². The first-order valence-electron chi connectivity index (χ1n) is 7.29. The molecule has 1 aromatic carbocycles. The number of carbonyl (C=O) groups is 1. The molecular weight excluding hydrogens is 288 g/mol.